The number of amides is 2. The number of piperidine rings is 1. The molecule has 132 valence electrons. The number of carboxylic acid groups (broad SMARTS) is 1. The monoisotopic (exact) mass is 355 g/mol. The summed E-state index contributed by atoms with van der Waals surface area (Å²) in [5.74, 6) is -2.60. The molecule has 0 aliphatic carbocycles. The first-order chi connectivity index (χ1) is 11.3. The zero-order chi connectivity index (χ0) is 17.6. The SMILES string of the molecule is C[C@@H](O)[C@H]1C(=O)N2C(C(=O)O)=C(CN3CCC[C@@H](C(N)=O)C3)S[C@H]12. The van der Waals surface area contributed by atoms with Gasteiger partial charge in [-0.15, -0.1) is 11.8 Å². The lowest BCUT2D eigenvalue weighted by Gasteiger charge is -2.43. The van der Waals surface area contributed by atoms with E-state index in [0.29, 0.717) is 18.0 Å². The summed E-state index contributed by atoms with van der Waals surface area (Å²) in [5.41, 5.74) is 5.39. The zero-order valence-electron chi connectivity index (χ0n) is 13.3. The molecule has 3 rings (SSSR count). The molecule has 3 aliphatic rings. The van der Waals surface area contributed by atoms with Crippen LogP contribution in [0.5, 0.6) is 0 Å². The number of primary amides is 1. The second kappa shape index (κ2) is 6.38. The van der Waals surface area contributed by atoms with Crippen molar-refractivity contribution in [1.29, 1.82) is 0 Å². The van der Waals surface area contributed by atoms with Crippen LogP contribution in [-0.4, -0.2) is 68.9 Å². The molecule has 8 nitrogen and oxygen atoms in total. The molecule has 4 atom stereocenters. The van der Waals surface area contributed by atoms with Gasteiger partial charge in [-0.25, -0.2) is 4.79 Å². The molecule has 0 aromatic rings. The minimum absolute atomic E-state index is 0.00750. The number of likely N-dealkylation sites (tertiary alicyclic amines) is 1. The number of rotatable bonds is 5. The summed E-state index contributed by atoms with van der Waals surface area (Å²) in [6, 6.07) is 0. The first-order valence-corrected chi connectivity index (χ1v) is 8.85. The van der Waals surface area contributed by atoms with Gasteiger partial charge in [0.05, 0.1) is 17.9 Å². The van der Waals surface area contributed by atoms with Crippen molar-refractivity contribution >= 4 is 29.5 Å². The van der Waals surface area contributed by atoms with Gasteiger partial charge in [0.15, 0.2) is 0 Å². The molecule has 0 unspecified atom stereocenters. The smallest absolute Gasteiger partial charge is 0.353 e. The summed E-state index contributed by atoms with van der Waals surface area (Å²) in [6.45, 7) is 3.19. The van der Waals surface area contributed by atoms with Gasteiger partial charge in [-0.3, -0.25) is 19.4 Å². The number of hydrogen-bond acceptors (Lipinski definition) is 6. The highest BCUT2D eigenvalue weighted by molar-refractivity contribution is 8.04. The number of β-lactam (4-membered cyclic amide) rings is 1. The zero-order valence-corrected chi connectivity index (χ0v) is 14.2. The number of aliphatic hydroxyl groups is 1. The number of nitrogens with zero attached hydrogens (tertiary/aromatic N) is 2. The molecule has 9 heteroatoms. The van der Waals surface area contributed by atoms with Crippen LogP contribution in [0, 0.1) is 11.8 Å². The number of carbonyl (C=O) groups excluding carboxylic acids is 2. The molecule has 2 saturated heterocycles. The highest BCUT2D eigenvalue weighted by Gasteiger charge is 2.57. The lowest BCUT2D eigenvalue weighted by molar-refractivity contribution is -0.156. The minimum atomic E-state index is -1.14. The molecular weight excluding hydrogens is 334 g/mol. The van der Waals surface area contributed by atoms with Crippen LogP contribution in [0.25, 0.3) is 0 Å². The van der Waals surface area contributed by atoms with Crippen molar-refractivity contribution in [3.8, 4) is 0 Å². The normalized spacial score (nSPS) is 31.7. The van der Waals surface area contributed by atoms with Gasteiger partial charge in [-0.2, -0.15) is 0 Å². The maximum atomic E-state index is 12.2. The molecule has 2 amide bonds. The molecule has 0 bridgehead atoms. The van der Waals surface area contributed by atoms with E-state index in [1.54, 1.807) is 6.92 Å². The van der Waals surface area contributed by atoms with Crippen molar-refractivity contribution in [2.45, 2.75) is 31.2 Å². The molecule has 0 aromatic heterocycles. The first kappa shape index (κ1) is 17.2. The lowest BCUT2D eigenvalue weighted by Crippen LogP contribution is -2.60. The van der Waals surface area contributed by atoms with E-state index in [2.05, 4.69) is 0 Å². The number of carboxylic acids is 1. The average molecular weight is 355 g/mol. The van der Waals surface area contributed by atoms with E-state index in [1.807, 2.05) is 4.90 Å². The molecule has 4 N–H and O–H groups in total. The average Bonchev–Trinajstić information content (AvgIpc) is 2.81. The van der Waals surface area contributed by atoms with Gasteiger partial charge in [-0.05, 0) is 26.3 Å². The van der Waals surface area contributed by atoms with Crippen molar-refractivity contribution in [2.24, 2.45) is 17.6 Å². The van der Waals surface area contributed by atoms with E-state index in [4.69, 9.17) is 5.73 Å². The van der Waals surface area contributed by atoms with Gasteiger partial charge in [0.2, 0.25) is 11.8 Å². The Morgan fingerprint density at radius 1 is 1.46 bits per heavy atom. The molecule has 3 heterocycles. The second-order valence-electron chi connectivity index (χ2n) is 6.54. The van der Waals surface area contributed by atoms with Gasteiger partial charge >= 0.3 is 5.97 Å². The predicted molar refractivity (Wildman–Crippen MR) is 86.4 cm³/mol. The lowest BCUT2D eigenvalue weighted by atomic mass is 9.92. The largest absolute Gasteiger partial charge is 0.477 e. The van der Waals surface area contributed by atoms with Crippen LogP contribution in [0.4, 0.5) is 0 Å². The molecule has 24 heavy (non-hydrogen) atoms. The van der Waals surface area contributed by atoms with Crippen LogP contribution in [0.2, 0.25) is 0 Å². The van der Waals surface area contributed by atoms with E-state index in [9.17, 15) is 24.6 Å². The molecule has 3 aliphatic heterocycles. The van der Waals surface area contributed by atoms with Crippen molar-refractivity contribution in [1.82, 2.24) is 9.80 Å². The summed E-state index contributed by atoms with van der Waals surface area (Å²) >= 11 is 1.33. The minimum Gasteiger partial charge on any atom is -0.477 e. The molecule has 0 saturated carbocycles. The highest BCUT2D eigenvalue weighted by Crippen LogP contribution is 2.50. The van der Waals surface area contributed by atoms with Gasteiger partial charge in [0, 0.05) is 18.0 Å². The number of nitrogens with two attached hydrogens (primary N) is 1. The first-order valence-electron chi connectivity index (χ1n) is 7.97. The third kappa shape index (κ3) is 2.80. The third-order valence-corrected chi connectivity index (χ3v) is 6.20. The topological polar surface area (TPSA) is 124 Å². The summed E-state index contributed by atoms with van der Waals surface area (Å²) in [4.78, 5) is 39.1. The van der Waals surface area contributed by atoms with Crippen LogP contribution in [0.15, 0.2) is 10.6 Å². The third-order valence-electron chi connectivity index (χ3n) is 4.85. The van der Waals surface area contributed by atoms with Crippen LogP contribution >= 0.6 is 11.8 Å². The fourth-order valence-corrected chi connectivity index (χ4v) is 5.25. The Bertz CT molecular complexity index is 620. The van der Waals surface area contributed by atoms with E-state index < -0.39 is 18.0 Å². The van der Waals surface area contributed by atoms with Crippen LogP contribution in [0.3, 0.4) is 0 Å². The summed E-state index contributed by atoms with van der Waals surface area (Å²) in [7, 11) is 0. The van der Waals surface area contributed by atoms with Crippen LogP contribution in [-0.2, 0) is 14.4 Å². The van der Waals surface area contributed by atoms with Gasteiger partial charge in [0.1, 0.15) is 11.1 Å². The summed E-state index contributed by atoms with van der Waals surface area (Å²) in [6.07, 6.45) is 0.771. The number of fused-ring (bicyclic) bond motifs is 1. The summed E-state index contributed by atoms with van der Waals surface area (Å²) < 4.78 is 0. The van der Waals surface area contributed by atoms with Crippen LogP contribution in [0.1, 0.15) is 19.8 Å². The number of aliphatic carboxylic acids is 1. The van der Waals surface area contributed by atoms with E-state index in [-0.39, 0.29) is 28.8 Å². The van der Waals surface area contributed by atoms with Crippen LogP contribution < -0.4 is 5.73 Å². The van der Waals surface area contributed by atoms with Crippen molar-refractivity contribution in [2.75, 3.05) is 19.6 Å². The molecule has 0 spiro atoms. The second-order valence-corrected chi connectivity index (χ2v) is 7.75. The Kier molecular flexibility index (Phi) is 4.58. The van der Waals surface area contributed by atoms with Crippen molar-refractivity contribution in [3.05, 3.63) is 10.6 Å². The van der Waals surface area contributed by atoms with Gasteiger partial charge in [-0.1, -0.05) is 0 Å². The van der Waals surface area contributed by atoms with Gasteiger partial charge in [0.25, 0.3) is 0 Å². The Morgan fingerprint density at radius 3 is 2.75 bits per heavy atom. The quantitative estimate of drug-likeness (QED) is 0.562. The van der Waals surface area contributed by atoms with E-state index in [1.165, 1.54) is 16.7 Å². The Balaban J connectivity index is 1.76. The Labute approximate surface area is 143 Å². The Hall–Kier alpha value is -1.58. The van der Waals surface area contributed by atoms with Crippen molar-refractivity contribution < 1.29 is 24.6 Å². The molecule has 0 radical (unpaired) electrons. The standard InChI is InChI=1S/C15H21N3O5S/c1-7(19)10-13(21)18-11(15(22)23)9(24-14(10)18)6-17-4-2-3-8(5-17)12(16)20/h7-8,10,14,19H,2-6H2,1H3,(H2,16,20)(H,22,23)/t7-,8-,10+,14-/m1/s1. The van der Waals surface area contributed by atoms with Crippen molar-refractivity contribution in [3.63, 3.8) is 0 Å². The molecule has 0 aromatic carbocycles. The number of thioether (sulfide) groups is 1. The highest BCUT2D eigenvalue weighted by atomic mass is 32.2. The fourth-order valence-electron chi connectivity index (χ4n) is 3.60. The summed E-state index contributed by atoms with van der Waals surface area (Å²) in [5, 5.41) is 18.9. The van der Waals surface area contributed by atoms with Gasteiger partial charge < -0.3 is 15.9 Å². The van der Waals surface area contributed by atoms with E-state index in [0.717, 1.165) is 19.4 Å². The predicted octanol–water partition coefficient (Wildman–Crippen LogP) is -0.608. The number of carbonyl (C=O) groups is 3. The fraction of sp³-hybridized carbons (Fsp3) is 0.667. The molecule has 2 fully saturated rings. The van der Waals surface area contributed by atoms with E-state index >= 15 is 0 Å². The molecular formula is C15H21N3O5S. The maximum Gasteiger partial charge on any atom is 0.353 e. The number of hydrogen-bond donors (Lipinski definition) is 3. The number of aliphatic hydroxyl groups excluding tert-OH is 1. The Morgan fingerprint density at radius 2 is 2.17 bits per heavy atom. The maximum absolute atomic E-state index is 12.2.